The van der Waals surface area contributed by atoms with Gasteiger partial charge in [0.15, 0.2) is 0 Å². The molecule has 0 aliphatic carbocycles. The van der Waals surface area contributed by atoms with Gasteiger partial charge >= 0.3 is 27.0 Å². The fraction of sp³-hybridized carbons (Fsp3) is 0.333. The third kappa shape index (κ3) is 6.14. The first-order valence-corrected chi connectivity index (χ1v) is 9.22. The summed E-state index contributed by atoms with van der Waals surface area (Å²) < 4.78 is 0. The summed E-state index contributed by atoms with van der Waals surface area (Å²) in [6, 6.07) is 7.55. The van der Waals surface area contributed by atoms with Crippen molar-refractivity contribution in [1.82, 2.24) is 0 Å². The van der Waals surface area contributed by atoms with Crippen molar-refractivity contribution >= 4 is 15.7 Å². The molecular formula is C18H23ClNO2Rh. The van der Waals surface area contributed by atoms with Crippen molar-refractivity contribution < 1.29 is 27.2 Å². The number of hydrogen-bond acceptors (Lipinski definition) is 3. The van der Waals surface area contributed by atoms with Gasteiger partial charge in [-0.25, -0.2) is 0 Å². The van der Waals surface area contributed by atoms with Gasteiger partial charge in [0.25, 0.3) is 0 Å². The first-order valence-electron chi connectivity index (χ1n) is 7.11. The summed E-state index contributed by atoms with van der Waals surface area (Å²) in [6.07, 6.45) is 0. The molecular weight excluding hydrogens is 401 g/mol. The zero-order chi connectivity index (χ0) is 18.2. The topological polar surface area (TPSA) is 66.2 Å². The molecule has 0 spiro atoms. The predicted octanol–water partition coefficient (Wildman–Crippen LogP) is 3.07. The average Bonchev–Trinajstić information content (AvgIpc) is 2.75. The molecule has 0 radical (unpaired) electrons. The summed E-state index contributed by atoms with van der Waals surface area (Å²) in [6.45, 7) is 11.0. The summed E-state index contributed by atoms with van der Waals surface area (Å²) in [5.41, 5.74) is 13.2. The minimum absolute atomic E-state index is 0.563. The molecule has 128 valence electrons. The number of carboxylic acids is 1. The van der Waals surface area contributed by atoms with E-state index in [9.17, 15) is 9.90 Å². The number of carbonyl (C=O) groups is 1. The summed E-state index contributed by atoms with van der Waals surface area (Å²) in [7, 11) is 4.53. The number of carboxylic acid groups (broad SMARTS) is 1. The Kier molecular flexibility index (Phi) is 10.1. The Morgan fingerprint density at radius 1 is 1.09 bits per heavy atom. The van der Waals surface area contributed by atoms with Crippen LogP contribution in [0.2, 0.25) is 0 Å². The molecule has 2 N–H and O–H groups in total. The SMILES string of the molecule is Cc1c(C)c(C)[c-](C)c1C.N[C@H](C(=O)[O-])c1ccccc1.[Cl][Rh+2]. The van der Waals surface area contributed by atoms with Gasteiger partial charge in [-0.3, -0.25) is 0 Å². The number of halogens is 1. The predicted molar refractivity (Wildman–Crippen MR) is 90.0 cm³/mol. The number of hydrogen-bond donors (Lipinski definition) is 1. The van der Waals surface area contributed by atoms with Crippen molar-refractivity contribution in [2.75, 3.05) is 0 Å². The number of carbonyl (C=O) groups excluding carboxylic acids is 1. The van der Waals surface area contributed by atoms with Crippen molar-refractivity contribution in [3.05, 3.63) is 63.7 Å². The summed E-state index contributed by atoms with van der Waals surface area (Å²) in [5, 5.41) is 10.3. The Balaban J connectivity index is 0.000000381. The molecule has 0 unspecified atom stereocenters. The van der Waals surface area contributed by atoms with E-state index in [1.165, 1.54) is 27.8 Å². The van der Waals surface area contributed by atoms with Crippen LogP contribution in [0.3, 0.4) is 0 Å². The van der Waals surface area contributed by atoms with Crippen molar-refractivity contribution in [2.45, 2.75) is 40.7 Å². The van der Waals surface area contributed by atoms with E-state index in [0.29, 0.717) is 5.56 Å². The maximum atomic E-state index is 10.3. The van der Waals surface area contributed by atoms with Gasteiger partial charge in [0.2, 0.25) is 0 Å². The standard InChI is InChI=1S/C10H15.C8H9NO2.ClH.Rh/c1-6-7(2)9(4)10(5)8(6)3;9-7(8(10)11)6-4-2-1-3-5-6;;/h1-5H3;1-5,7H,9H2,(H,10,11);1H;/q-1;;;+3/p-2/t;7-;;/m.0../s1. The molecule has 23 heavy (non-hydrogen) atoms. The Bertz CT molecular complexity index is 543. The van der Waals surface area contributed by atoms with Gasteiger partial charge in [-0.2, -0.15) is 27.8 Å². The van der Waals surface area contributed by atoms with Crippen LogP contribution in [0.25, 0.3) is 0 Å². The van der Waals surface area contributed by atoms with E-state index in [4.69, 9.17) is 5.73 Å². The normalized spacial score (nSPS) is 10.8. The molecule has 2 aromatic carbocycles. The van der Waals surface area contributed by atoms with E-state index in [1.807, 2.05) is 17.3 Å². The number of rotatable bonds is 2. The number of benzene rings is 1. The van der Waals surface area contributed by atoms with Crippen LogP contribution in [0.5, 0.6) is 0 Å². The van der Waals surface area contributed by atoms with Crippen LogP contribution in [0.1, 0.15) is 39.4 Å². The molecule has 0 aliphatic heterocycles. The van der Waals surface area contributed by atoms with Crippen molar-refractivity contribution in [1.29, 1.82) is 0 Å². The van der Waals surface area contributed by atoms with Gasteiger partial charge in [0.05, 0.1) is 12.0 Å². The first-order chi connectivity index (χ1) is 10.8. The van der Waals surface area contributed by atoms with Gasteiger partial charge in [-0.15, -0.1) is 0 Å². The van der Waals surface area contributed by atoms with Crippen LogP contribution < -0.4 is 10.8 Å². The van der Waals surface area contributed by atoms with E-state index in [1.54, 1.807) is 30.3 Å². The van der Waals surface area contributed by atoms with Crippen LogP contribution in [0.15, 0.2) is 30.3 Å². The molecule has 0 fully saturated rings. The maximum absolute atomic E-state index is 10.3. The van der Waals surface area contributed by atoms with Gasteiger partial charge in [-0.1, -0.05) is 65.0 Å². The second-order valence-electron chi connectivity index (χ2n) is 5.33. The monoisotopic (exact) mass is 423 g/mol. The molecule has 2 aromatic rings. The Hall–Kier alpha value is -1.09. The van der Waals surface area contributed by atoms with E-state index in [2.05, 4.69) is 44.3 Å². The molecule has 1 atom stereocenters. The van der Waals surface area contributed by atoms with Crippen LogP contribution in [0, 0.1) is 34.6 Å². The molecule has 3 nitrogen and oxygen atoms in total. The summed E-state index contributed by atoms with van der Waals surface area (Å²) >= 11 is 2.02. The molecule has 0 amide bonds. The second kappa shape index (κ2) is 10.6. The Morgan fingerprint density at radius 3 is 1.74 bits per heavy atom. The van der Waals surface area contributed by atoms with Gasteiger partial charge in [0, 0.05) is 0 Å². The van der Waals surface area contributed by atoms with E-state index in [-0.39, 0.29) is 0 Å². The van der Waals surface area contributed by atoms with Gasteiger partial charge < -0.3 is 15.6 Å². The molecule has 0 bridgehead atoms. The average molecular weight is 424 g/mol. The molecule has 0 heterocycles. The summed E-state index contributed by atoms with van der Waals surface area (Å²) in [4.78, 5) is 10.3. The van der Waals surface area contributed by atoms with Crippen LogP contribution in [-0.4, -0.2) is 5.97 Å². The summed E-state index contributed by atoms with van der Waals surface area (Å²) in [5.74, 6) is -1.25. The molecule has 5 heteroatoms. The van der Waals surface area contributed by atoms with Crippen molar-refractivity contribution in [2.24, 2.45) is 5.73 Å². The molecule has 0 saturated carbocycles. The zero-order valence-corrected chi connectivity index (χ0v) is 16.5. The second-order valence-corrected chi connectivity index (χ2v) is 5.33. The van der Waals surface area contributed by atoms with Crippen molar-refractivity contribution in [3.63, 3.8) is 0 Å². The molecule has 0 saturated heterocycles. The molecule has 2 rings (SSSR count). The van der Waals surface area contributed by atoms with Gasteiger partial charge in [-0.05, 0) is 5.56 Å². The Morgan fingerprint density at radius 2 is 1.48 bits per heavy atom. The van der Waals surface area contributed by atoms with E-state index < -0.39 is 12.0 Å². The van der Waals surface area contributed by atoms with Gasteiger partial charge in [0.1, 0.15) is 0 Å². The molecule has 0 aromatic heterocycles. The quantitative estimate of drug-likeness (QED) is 0.596. The fourth-order valence-electron chi connectivity index (χ4n) is 2.20. The zero-order valence-electron chi connectivity index (χ0n) is 14.1. The van der Waals surface area contributed by atoms with E-state index in [0.717, 1.165) is 0 Å². The van der Waals surface area contributed by atoms with Crippen LogP contribution in [-0.2, 0) is 22.1 Å². The van der Waals surface area contributed by atoms with Crippen LogP contribution >= 0.6 is 9.69 Å². The third-order valence-electron chi connectivity index (χ3n) is 4.23. The first kappa shape index (κ1) is 21.9. The van der Waals surface area contributed by atoms with E-state index >= 15 is 0 Å². The number of nitrogens with two attached hydrogens (primary N) is 1. The minimum atomic E-state index is -1.25. The van der Waals surface area contributed by atoms with Crippen molar-refractivity contribution in [3.8, 4) is 0 Å². The van der Waals surface area contributed by atoms with Crippen LogP contribution in [0.4, 0.5) is 0 Å². The number of aliphatic carboxylic acids is 1. The molecule has 0 aliphatic rings. The Labute approximate surface area is 152 Å². The fourth-order valence-corrected chi connectivity index (χ4v) is 2.20. The third-order valence-corrected chi connectivity index (χ3v) is 4.23.